The van der Waals surface area contributed by atoms with Crippen LogP contribution in [0.1, 0.15) is 39.0 Å². The number of hydrogen-bond acceptors (Lipinski definition) is 4. The average molecular weight is 548 g/mol. The van der Waals surface area contributed by atoms with Crippen LogP contribution in [0.5, 0.6) is 11.5 Å². The topological polar surface area (TPSA) is 35.5 Å². The summed E-state index contributed by atoms with van der Waals surface area (Å²) in [5, 5.41) is 0. The van der Waals surface area contributed by atoms with E-state index in [0.29, 0.717) is 6.61 Å². The highest BCUT2D eigenvalue weighted by Crippen LogP contribution is 2.30. The Labute approximate surface area is 219 Å². The van der Waals surface area contributed by atoms with Gasteiger partial charge in [-0.3, -0.25) is 4.79 Å². The maximum absolute atomic E-state index is 12.7. The van der Waals surface area contributed by atoms with Gasteiger partial charge in [-0.1, -0.05) is 68.0 Å². The largest absolute Gasteiger partial charge is 0.496 e. The van der Waals surface area contributed by atoms with Crippen LogP contribution in [0.15, 0.2) is 89.4 Å². The number of rotatable bonds is 10. The minimum atomic E-state index is 0.00479. The summed E-state index contributed by atoms with van der Waals surface area (Å²) in [5.74, 6) is 1.54. The first-order chi connectivity index (χ1) is 17.1. The number of thiophene rings is 1. The van der Waals surface area contributed by atoms with E-state index in [1.54, 1.807) is 24.5 Å². The Balaban J connectivity index is 1.44. The van der Waals surface area contributed by atoms with Gasteiger partial charge in [0.15, 0.2) is 5.78 Å². The number of carbonyl (C=O) groups excluding carboxylic acids is 1. The Morgan fingerprint density at radius 1 is 0.971 bits per heavy atom. The van der Waals surface area contributed by atoms with Gasteiger partial charge >= 0.3 is 0 Å². The predicted molar refractivity (Wildman–Crippen MR) is 149 cm³/mol. The van der Waals surface area contributed by atoms with E-state index in [1.165, 1.54) is 10.4 Å². The number of carbonyl (C=O) groups is 1. The normalized spacial score (nSPS) is 11.1. The van der Waals surface area contributed by atoms with Gasteiger partial charge < -0.3 is 9.47 Å². The number of halogens is 1. The van der Waals surface area contributed by atoms with Gasteiger partial charge in [0.2, 0.25) is 0 Å². The van der Waals surface area contributed by atoms with Gasteiger partial charge in [0.05, 0.1) is 12.0 Å². The fraction of sp³-hybridized carbons (Fsp3) is 0.167. The number of benzene rings is 3. The van der Waals surface area contributed by atoms with Crippen molar-refractivity contribution in [2.45, 2.75) is 26.4 Å². The molecule has 0 aliphatic rings. The summed E-state index contributed by atoms with van der Waals surface area (Å²) in [6.07, 6.45) is 5.49. The van der Waals surface area contributed by atoms with Crippen molar-refractivity contribution in [2.75, 3.05) is 7.11 Å². The van der Waals surface area contributed by atoms with Crippen molar-refractivity contribution in [3.05, 3.63) is 110 Å². The van der Waals surface area contributed by atoms with Crippen molar-refractivity contribution in [2.24, 2.45) is 0 Å². The molecule has 0 fully saturated rings. The molecule has 0 saturated carbocycles. The van der Waals surface area contributed by atoms with Crippen LogP contribution < -0.4 is 9.47 Å². The van der Waals surface area contributed by atoms with E-state index in [0.717, 1.165) is 50.4 Å². The van der Waals surface area contributed by atoms with E-state index in [1.807, 2.05) is 60.7 Å². The Hall–Kier alpha value is -3.15. The van der Waals surface area contributed by atoms with Crippen molar-refractivity contribution < 1.29 is 14.3 Å². The Morgan fingerprint density at radius 2 is 1.71 bits per heavy atom. The number of methoxy groups -OCH3 is 1. The second-order valence-corrected chi connectivity index (χ2v) is 10.1. The van der Waals surface area contributed by atoms with Crippen molar-refractivity contribution in [1.82, 2.24) is 0 Å². The molecule has 4 aromatic rings. The molecule has 0 saturated heterocycles. The van der Waals surface area contributed by atoms with Crippen LogP contribution in [0.2, 0.25) is 0 Å². The summed E-state index contributed by atoms with van der Waals surface area (Å²) in [6.45, 7) is 2.50. The molecule has 0 aliphatic heterocycles. The second kappa shape index (κ2) is 12.0. The third kappa shape index (κ3) is 6.50. The first-order valence-electron chi connectivity index (χ1n) is 11.5. The van der Waals surface area contributed by atoms with Crippen LogP contribution >= 0.6 is 27.3 Å². The van der Waals surface area contributed by atoms with Gasteiger partial charge in [0.25, 0.3) is 0 Å². The maximum atomic E-state index is 12.7. The Morgan fingerprint density at radius 3 is 2.43 bits per heavy atom. The van der Waals surface area contributed by atoms with Crippen LogP contribution in [0.25, 0.3) is 17.2 Å². The summed E-state index contributed by atoms with van der Waals surface area (Å²) >= 11 is 5.12. The fourth-order valence-electron chi connectivity index (χ4n) is 3.73. The molecule has 0 aliphatic carbocycles. The van der Waals surface area contributed by atoms with E-state index < -0.39 is 0 Å². The van der Waals surface area contributed by atoms with Crippen LogP contribution in [0.3, 0.4) is 0 Å². The highest BCUT2D eigenvalue weighted by Gasteiger charge is 2.11. The molecular weight excluding hydrogens is 520 g/mol. The van der Waals surface area contributed by atoms with Gasteiger partial charge in [-0.2, -0.15) is 0 Å². The molecule has 178 valence electrons. The molecule has 1 heterocycles. The fourth-order valence-corrected chi connectivity index (χ4v) is 5.62. The lowest BCUT2D eigenvalue weighted by atomic mass is 10.1. The summed E-state index contributed by atoms with van der Waals surface area (Å²) in [7, 11) is 1.65. The molecular formula is C30H27BrO3S. The molecule has 5 heteroatoms. The molecule has 0 spiro atoms. The van der Waals surface area contributed by atoms with Crippen molar-refractivity contribution in [1.29, 1.82) is 0 Å². The molecule has 3 nitrogen and oxygen atoms in total. The van der Waals surface area contributed by atoms with Gasteiger partial charge in [0, 0.05) is 14.9 Å². The molecule has 0 unspecified atom stereocenters. The van der Waals surface area contributed by atoms with Crippen LogP contribution in [-0.2, 0) is 13.0 Å². The zero-order chi connectivity index (χ0) is 24.6. The standard InChI is InChI=1S/C30H27BrO3S/c1-3-7-29-26(31)19-30(35-29)27(32)16-10-21-11-17-28(33-2)24(18-21)20-34-25-14-12-23(13-15-25)22-8-5-4-6-9-22/h4-6,8-19H,3,7,20H2,1-2H3/b16-10+. The molecule has 0 N–H and O–H groups in total. The van der Waals surface area contributed by atoms with Gasteiger partial charge in [-0.25, -0.2) is 0 Å². The quantitative estimate of drug-likeness (QED) is 0.147. The Kier molecular flexibility index (Phi) is 8.56. The summed E-state index contributed by atoms with van der Waals surface area (Å²) in [4.78, 5) is 14.6. The van der Waals surface area contributed by atoms with Gasteiger partial charge in [0.1, 0.15) is 18.1 Å². The molecule has 0 atom stereocenters. The molecule has 0 amide bonds. The van der Waals surface area contributed by atoms with E-state index in [-0.39, 0.29) is 5.78 Å². The molecule has 1 aromatic heterocycles. The van der Waals surface area contributed by atoms with Crippen molar-refractivity contribution in [3.8, 4) is 22.6 Å². The summed E-state index contributed by atoms with van der Waals surface area (Å²) in [6, 6.07) is 26.1. The average Bonchev–Trinajstić information content (AvgIpc) is 3.27. The predicted octanol–water partition coefficient (Wildman–Crippen LogP) is 8.61. The summed E-state index contributed by atoms with van der Waals surface area (Å²) < 4.78 is 12.6. The minimum Gasteiger partial charge on any atom is -0.496 e. The Bertz CT molecular complexity index is 1310. The monoisotopic (exact) mass is 546 g/mol. The highest BCUT2D eigenvalue weighted by molar-refractivity contribution is 9.10. The first kappa shape index (κ1) is 25.0. The highest BCUT2D eigenvalue weighted by atomic mass is 79.9. The maximum Gasteiger partial charge on any atom is 0.195 e. The first-order valence-corrected chi connectivity index (χ1v) is 13.1. The lowest BCUT2D eigenvalue weighted by Crippen LogP contribution is -1.99. The third-order valence-corrected chi connectivity index (χ3v) is 7.74. The van der Waals surface area contributed by atoms with Crippen LogP contribution in [-0.4, -0.2) is 12.9 Å². The van der Waals surface area contributed by atoms with E-state index in [9.17, 15) is 4.79 Å². The number of aryl methyl sites for hydroxylation is 1. The van der Waals surface area contributed by atoms with Crippen molar-refractivity contribution in [3.63, 3.8) is 0 Å². The zero-order valence-electron chi connectivity index (χ0n) is 19.8. The molecule has 3 aromatic carbocycles. The smallest absolute Gasteiger partial charge is 0.195 e. The van der Waals surface area contributed by atoms with Gasteiger partial charge in [-0.15, -0.1) is 11.3 Å². The van der Waals surface area contributed by atoms with E-state index in [4.69, 9.17) is 9.47 Å². The van der Waals surface area contributed by atoms with Crippen LogP contribution in [0.4, 0.5) is 0 Å². The lowest BCUT2D eigenvalue weighted by Gasteiger charge is -2.12. The van der Waals surface area contributed by atoms with E-state index in [2.05, 4.69) is 47.1 Å². The van der Waals surface area contributed by atoms with Gasteiger partial charge in [-0.05, 0) is 75.4 Å². The molecule has 4 rings (SSSR count). The molecule has 35 heavy (non-hydrogen) atoms. The SMILES string of the molecule is CCCc1sc(C(=O)/C=C/c2ccc(OC)c(COc3ccc(-c4ccccc4)cc3)c2)cc1Br. The van der Waals surface area contributed by atoms with Crippen LogP contribution in [0, 0.1) is 0 Å². The number of allylic oxidation sites excluding steroid dienone is 1. The minimum absolute atomic E-state index is 0.00479. The lowest BCUT2D eigenvalue weighted by molar-refractivity contribution is 0.105. The second-order valence-electron chi connectivity index (χ2n) is 8.08. The number of ketones is 1. The molecule has 0 radical (unpaired) electrons. The van der Waals surface area contributed by atoms with Crippen molar-refractivity contribution >= 4 is 39.1 Å². The third-order valence-electron chi connectivity index (χ3n) is 5.56. The number of hydrogen-bond donors (Lipinski definition) is 0. The number of ether oxygens (including phenoxy) is 2. The van der Waals surface area contributed by atoms with E-state index >= 15 is 0 Å². The zero-order valence-corrected chi connectivity index (χ0v) is 22.2. The molecule has 0 bridgehead atoms. The summed E-state index contributed by atoms with van der Waals surface area (Å²) in [5.41, 5.74) is 4.15.